The molecule has 0 aromatic heterocycles. The van der Waals surface area contributed by atoms with Gasteiger partial charge in [0.1, 0.15) is 6.61 Å². The number of hydrogen-bond donors (Lipinski definition) is 1. The van der Waals surface area contributed by atoms with Crippen LogP contribution < -0.4 is 5.43 Å². The highest BCUT2D eigenvalue weighted by molar-refractivity contribution is 5.93. The van der Waals surface area contributed by atoms with Crippen LogP contribution in [0.4, 0.5) is 4.79 Å². The molecule has 1 heterocycles. The summed E-state index contributed by atoms with van der Waals surface area (Å²) in [6.07, 6.45) is -0.433. The van der Waals surface area contributed by atoms with Crippen molar-refractivity contribution in [3.8, 4) is 0 Å². The number of ether oxygens (including phenoxy) is 1. The highest BCUT2D eigenvalue weighted by Gasteiger charge is 2.35. The van der Waals surface area contributed by atoms with Gasteiger partial charge in [-0.1, -0.05) is 60.7 Å². The van der Waals surface area contributed by atoms with E-state index in [0.29, 0.717) is 0 Å². The van der Waals surface area contributed by atoms with Gasteiger partial charge in [-0.25, -0.2) is 10.2 Å². The lowest BCUT2D eigenvalue weighted by molar-refractivity contribution is -0.127. The van der Waals surface area contributed by atoms with E-state index >= 15 is 0 Å². The van der Waals surface area contributed by atoms with E-state index in [-0.39, 0.29) is 25.0 Å². The third-order valence-electron chi connectivity index (χ3n) is 3.50. The molecule has 22 heavy (non-hydrogen) atoms. The molecule has 1 atom stereocenters. The summed E-state index contributed by atoms with van der Waals surface area (Å²) in [7, 11) is 0. The van der Waals surface area contributed by atoms with Crippen molar-refractivity contribution in [3.63, 3.8) is 0 Å². The van der Waals surface area contributed by atoms with Gasteiger partial charge in [-0.05, 0) is 11.1 Å². The Bertz CT molecular complexity index is 658. The Morgan fingerprint density at radius 2 is 1.73 bits per heavy atom. The molecule has 2 aromatic carbocycles. The molecule has 0 aliphatic carbocycles. The Hall–Kier alpha value is -2.66. The molecule has 5 heteroatoms. The molecule has 112 valence electrons. The summed E-state index contributed by atoms with van der Waals surface area (Å²) in [6.45, 7) is 0.140. The Balaban J connectivity index is 1.60. The van der Waals surface area contributed by atoms with Gasteiger partial charge in [-0.3, -0.25) is 4.79 Å². The first kappa shape index (κ1) is 14.3. The number of imide groups is 1. The van der Waals surface area contributed by atoms with Crippen LogP contribution in [0.15, 0.2) is 60.7 Å². The largest absolute Gasteiger partial charge is 0.443 e. The molecule has 0 bridgehead atoms. The molecule has 2 aromatic rings. The maximum absolute atomic E-state index is 12.0. The summed E-state index contributed by atoms with van der Waals surface area (Å²) < 4.78 is 5.17. The first-order valence-electron chi connectivity index (χ1n) is 7.09. The van der Waals surface area contributed by atoms with Crippen LogP contribution in [0.25, 0.3) is 0 Å². The van der Waals surface area contributed by atoms with E-state index in [1.807, 2.05) is 60.7 Å². The van der Waals surface area contributed by atoms with Crippen molar-refractivity contribution >= 4 is 12.0 Å². The van der Waals surface area contributed by atoms with Crippen LogP contribution in [0.2, 0.25) is 0 Å². The third kappa shape index (κ3) is 3.15. The van der Waals surface area contributed by atoms with E-state index in [1.165, 1.54) is 0 Å². The predicted octanol–water partition coefficient (Wildman–Crippen LogP) is 2.80. The number of hydrazine groups is 1. The van der Waals surface area contributed by atoms with Crippen LogP contribution in [0.3, 0.4) is 0 Å². The van der Waals surface area contributed by atoms with Crippen molar-refractivity contribution in [2.45, 2.75) is 19.1 Å². The van der Waals surface area contributed by atoms with Crippen LogP contribution in [0.5, 0.6) is 0 Å². The summed E-state index contributed by atoms with van der Waals surface area (Å²) >= 11 is 0. The molecule has 1 saturated heterocycles. The van der Waals surface area contributed by atoms with Gasteiger partial charge in [0.2, 0.25) is 5.91 Å². The fraction of sp³-hybridized carbons (Fsp3) is 0.176. The monoisotopic (exact) mass is 296 g/mol. The minimum absolute atomic E-state index is 0.140. The van der Waals surface area contributed by atoms with E-state index in [0.717, 1.165) is 16.1 Å². The lowest BCUT2D eigenvalue weighted by atomic mass is 10.1. The van der Waals surface area contributed by atoms with Crippen molar-refractivity contribution in [2.24, 2.45) is 0 Å². The second-order valence-electron chi connectivity index (χ2n) is 5.07. The van der Waals surface area contributed by atoms with Crippen molar-refractivity contribution < 1.29 is 14.3 Å². The van der Waals surface area contributed by atoms with E-state index < -0.39 is 6.09 Å². The number of hydrogen-bond acceptors (Lipinski definition) is 4. The molecular formula is C17H16N2O3. The van der Waals surface area contributed by atoms with Crippen molar-refractivity contribution in [3.05, 3.63) is 71.8 Å². The first-order valence-corrected chi connectivity index (χ1v) is 7.09. The second kappa shape index (κ2) is 6.41. The molecule has 1 aliphatic heterocycles. The van der Waals surface area contributed by atoms with Crippen LogP contribution in [-0.2, 0) is 16.1 Å². The van der Waals surface area contributed by atoms with Gasteiger partial charge < -0.3 is 4.74 Å². The zero-order valence-corrected chi connectivity index (χ0v) is 11.9. The minimum Gasteiger partial charge on any atom is -0.443 e. The molecule has 0 radical (unpaired) electrons. The number of carbonyl (C=O) groups is 2. The van der Waals surface area contributed by atoms with Gasteiger partial charge in [0.05, 0.1) is 6.04 Å². The van der Waals surface area contributed by atoms with E-state index in [4.69, 9.17) is 4.74 Å². The first-order chi connectivity index (χ1) is 10.7. The quantitative estimate of drug-likeness (QED) is 0.946. The summed E-state index contributed by atoms with van der Waals surface area (Å²) in [4.78, 5) is 24.0. The van der Waals surface area contributed by atoms with Crippen LogP contribution in [-0.4, -0.2) is 17.0 Å². The van der Waals surface area contributed by atoms with Crippen LogP contribution >= 0.6 is 0 Å². The standard InChI is InChI=1S/C17H16N2O3/c20-16-11-15(14-9-5-2-6-10-14)18-19(16)17(21)22-12-13-7-3-1-4-8-13/h1-10,15,18H,11-12H2. The Labute approximate surface area is 128 Å². The van der Waals surface area contributed by atoms with Crippen molar-refractivity contribution in [1.29, 1.82) is 0 Å². The average molecular weight is 296 g/mol. The molecule has 0 saturated carbocycles. The molecule has 3 rings (SSSR count). The van der Waals surface area contributed by atoms with Gasteiger partial charge >= 0.3 is 6.09 Å². The summed E-state index contributed by atoms with van der Waals surface area (Å²) in [5, 5.41) is 0.959. The molecule has 2 amide bonds. The lowest BCUT2D eigenvalue weighted by Crippen LogP contribution is -2.40. The average Bonchev–Trinajstić information content (AvgIpc) is 2.96. The number of carbonyl (C=O) groups excluding carboxylic acids is 2. The molecule has 1 aliphatic rings. The van der Waals surface area contributed by atoms with Gasteiger partial charge in [-0.2, -0.15) is 5.01 Å². The van der Waals surface area contributed by atoms with Crippen LogP contribution in [0.1, 0.15) is 23.6 Å². The third-order valence-corrected chi connectivity index (χ3v) is 3.50. The number of rotatable bonds is 3. The molecule has 0 spiro atoms. The molecule has 1 unspecified atom stereocenters. The Kier molecular flexibility index (Phi) is 4.16. The van der Waals surface area contributed by atoms with E-state index in [9.17, 15) is 9.59 Å². The Morgan fingerprint density at radius 1 is 1.09 bits per heavy atom. The fourth-order valence-electron chi connectivity index (χ4n) is 2.36. The fourth-order valence-corrected chi connectivity index (χ4v) is 2.36. The van der Waals surface area contributed by atoms with E-state index in [2.05, 4.69) is 5.43 Å². The lowest BCUT2D eigenvalue weighted by Gasteiger charge is -2.16. The summed E-state index contributed by atoms with van der Waals surface area (Å²) in [6, 6.07) is 18.7. The normalized spacial score (nSPS) is 17.5. The van der Waals surface area contributed by atoms with Crippen molar-refractivity contribution in [2.75, 3.05) is 0 Å². The van der Waals surface area contributed by atoms with Crippen LogP contribution in [0, 0.1) is 0 Å². The van der Waals surface area contributed by atoms with E-state index in [1.54, 1.807) is 0 Å². The maximum atomic E-state index is 12.0. The molecule has 5 nitrogen and oxygen atoms in total. The number of benzene rings is 2. The molecular weight excluding hydrogens is 280 g/mol. The van der Waals surface area contributed by atoms with Gasteiger partial charge in [0.15, 0.2) is 0 Å². The highest BCUT2D eigenvalue weighted by Crippen LogP contribution is 2.23. The summed E-state index contributed by atoms with van der Waals surface area (Å²) in [5.41, 5.74) is 4.75. The SMILES string of the molecule is O=C1CC(c2ccccc2)NN1C(=O)OCc1ccccc1. The maximum Gasteiger partial charge on any atom is 0.431 e. The summed E-state index contributed by atoms with van der Waals surface area (Å²) in [5.74, 6) is -0.285. The molecule has 1 fully saturated rings. The number of nitrogens with zero attached hydrogens (tertiary/aromatic N) is 1. The predicted molar refractivity (Wildman–Crippen MR) is 80.4 cm³/mol. The van der Waals surface area contributed by atoms with Gasteiger partial charge in [0, 0.05) is 6.42 Å². The zero-order chi connectivity index (χ0) is 15.4. The Morgan fingerprint density at radius 3 is 2.41 bits per heavy atom. The van der Waals surface area contributed by atoms with Crippen molar-refractivity contribution in [1.82, 2.24) is 10.4 Å². The van der Waals surface area contributed by atoms with Gasteiger partial charge in [0.25, 0.3) is 0 Å². The second-order valence-corrected chi connectivity index (χ2v) is 5.07. The smallest absolute Gasteiger partial charge is 0.431 e. The minimum atomic E-state index is -0.674. The zero-order valence-electron chi connectivity index (χ0n) is 11.9. The molecule has 1 N–H and O–H groups in total. The highest BCUT2D eigenvalue weighted by atomic mass is 16.6. The topological polar surface area (TPSA) is 58.6 Å². The van der Waals surface area contributed by atoms with Gasteiger partial charge in [-0.15, -0.1) is 0 Å². The number of amides is 2. The number of nitrogens with one attached hydrogen (secondary N) is 1.